The predicted molar refractivity (Wildman–Crippen MR) is 87.1 cm³/mol. The van der Waals surface area contributed by atoms with Gasteiger partial charge in [0.1, 0.15) is 5.56 Å². The number of pyridine rings is 1. The van der Waals surface area contributed by atoms with Gasteiger partial charge in [0.15, 0.2) is 0 Å². The summed E-state index contributed by atoms with van der Waals surface area (Å²) in [6.45, 7) is 2.45. The predicted octanol–water partition coefficient (Wildman–Crippen LogP) is 1.90. The first kappa shape index (κ1) is 15.4. The third-order valence-corrected chi connectivity index (χ3v) is 3.54. The van der Waals surface area contributed by atoms with Crippen LogP contribution in [0.25, 0.3) is 11.0 Å². The van der Waals surface area contributed by atoms with Gasteiger partial charge in [0.05, 0.1) is 22.2 Å². The lowest BCUT2D eigenvalue weighted by molar-refractivity contribution is -0.385. The molecular weight excluding hydrogens is 314 g/mol. The van der Waals surface area contributed by atoms with Gasteiger partial charge in [-0.1, -0.05) is 12.1 Å². The van der Waals surface area contributed by atoms with Crippen LogP contribution in [0.2, 0.25) is 0 Å². The highest BCUT2D eigenvalue weighted by molar-refractivity contribution is 6.04. The van der Waals surface area contributed by atoms with Crippen LogP contribution in [0.1, 0.15) is 17.3 Å². The van der Waals surface area contributed by atoms with Crippen molar-refractivity contribution in [1.29, 1.82) is 0 Å². The zero-order valence-corrected chi connectivity index (χ0v) is 12.6. The Balaban J connectivity index is 2.00. The van der Waals surface area contributed by atoms with Crippen LogP contribution in [0.5, 0.6) is 0 Å². The molecule has 2 heterocycles. The molecule has 0 bridgehead atoms. The number of aromatic amines is 1. The molecule has 0 radical (unpaired) electrons. The van der Waals surface area contributed by atoms with E-state index in [0.717, 1.165) is 17.8 Å². The minimum atomic E-state index is -0.759. The number of fused-ring (bicyclic) bond motifs is 1. The molecule has 0 aliphatic rings. The lowest BCUT2D eigenvalue weighted by Crippen LogP contribution is -2.24. The van der Waals surface area contributed by atoms with E-state index in [1.807, 2.05) is 25.1 Å². The Kier molecular flexibility index (Phi) is 3.82. The summed E-state index contributed by atoms with van der Waals surface area (Å²) in [6.07, 6.45) is 0.945. The number of imidazole rings is 1. The summed E-state index contributed by atoms with van der Waals surface area (Å²) in [5, 5.41) is 13.3. The zero-order chi connectivity index (χ0) is 17.3. The SMILES string of the molecule is CCn1c(NC(=O)c2cc([N+](=O)[O-])c[nH]c2=O)nc2ccccc21. The lowest BCUT2D eigenvalue weighted by atomic mass is 10.2. The van der Waals surface area contributed by atoms with Gasteiger partial charge >= 0.3 is 0 Å². The van der Waals surface area contributed by atoms with E-state index in [1.165, 1.54) is 0 Å². The number of nitro groups is 1. The van der Waals surface area contributed by atoms with E-state index >= 15 is 0 Å². The highest BCUT2D eigenvalue weighted by atomic mass is 16.6. The number of para-hydroxylation sites is 2. The normalized spacial score (nSPS) is 10.7. The van der Waals surface area contributed by atoms with E-state index in [4.69, 9.17) is 0 Å². The second-order valence-corrected chi connectivity index (χ2v) is 4.98. The van der Waals surface area contributed by atoms with Gasteiger partial charge in [-0.2, -0.15) is 0 Å². The molecule has 24 heavy (non-hydrogen) atoms. The van der Waals surface area contributed by atoms with Crippen LogP contribution in [-0.4, -0.2) is 25.4 Å². The molecule has 2 aromatic heterocycles. The molecule has 122 valence electrons. The number of aryl methyl sites for hydroxylation is 1. The maximum atomic E-state index is 12.3. The Bertz CT molecular complexity index is 1000. The van der Waals surface area contributed by atoms with Crippen LogP contribution >= 0.6 is 0 Å². The van der Waals surface area contributed by atoms with Crippen molar-refractivity contribution in [3.63, 3.8) is 0 Å². The quantitative estimate of drug-likeness (QED) is 0.559. The summed E-state index contributed by atoms with van der Waals surface area (Å²) in [5.41, 5.74) is 0.103. The molecule has 3 rings (SSSR count). The van der Waals surface area contributed by atoms with Gasteiger partial charge in [-0.15, -0.1) is 0 Å². The molecule has 0 spiro atoms. The van der Waals surface area contributed by atoms with E-state index in [1.54, 1.807) is 10.6 Å². The van der Waals surface area contributed by atoms with Crippen molar-refractivity contribution >= 4 is 28.6 Å². The standard InChI is InChI=1S/C15H13N5O4/c1-2-19-12-6-4-3-5-11(12)17-15(19)18-14(22)10-7-9(20(23)24)8-16-13(10)21/h3-8H,2H2,1H3,(H,16,21)(H,17,18,22). The van der Waals surface area contributed by atoms with Crippen LogP contribution in [0.15, 0.2) is 41.3 Å². The third kappa shape index (κ3) is 2.62. The Labute approximate surface area is 135 Å². The molecule has 1 amide bonds. The number of anilines is 1. The van der Waals surface area contributed by atoms with Crippen molar-refractivity contribution in [3.05, 3.63) is 62.6 Å². The summed E-state index contributed by atoms with van der Waals surface area (Å²) in [6, 6.07) is 8.28. The summed E-state index contributed by atoms with van der Waals surface area (Å²) in [7, 11) is 0. The molecular formula is C15H13N5O4. The van der Waals surface area contributed by atoms with Crippen LogP contribution in [0.3, 0.4) is 0 Å². The average Bonchev–Trinajstić information content (AvgIpc) is 2.91. The van der Waals surface area contributed by atoms with E-state index in [2.05, 4.69) is 15.3 Å². The number of amides is 1. The molecule has 9 heteroatoms. The van der Waals surface area contributed by atoms with Gasteiger partial charge in [0.2, 0.25) is 5.95 Å². The van der Waals surface area contributed by atoms with E-state index < -0.39 is 16.4 Å². The second-order valence-electron chi connectivity index (χ2n) is 4.98. The number of H-pyrrole nitrogens is 1. The van der Waals surface area contributed by atoms with E-state index in [9.17, 15) is 19.7 Å². The van der Waals surface area contributed by atoms with Gasteiger partial charge in [-0.25, -0.2) is 4.98 Å². The fourth-order valence-electron chi connectivity index (χ4n) is 2.41. The van der Waals surface area contributed by atoms with Crippen molar-refractivity contribution in [2.45, 2.75) is 13.5 Å². The van der Waals surface area contributed by atoms with Crippen molar-refractivity contribution in [1.82, 2.24) is 14.5 Å². The zero-order valence-electron chi connectivity index (χ0n) is 12.6. The van der Waals surface area contributed by atoms with Crippen molar-refractivity contribution < 1.29 is 9.72 Å². The highest BCUT2D eigenvalue weighted by Crippen LogP contribution is 2.20. The van der Waals surface area contributed by atoms with Gasteiger partial charge < -0.3 is 9.55 Å². The first-order valence-corrected chi connectivity index (χ1v) is 7.15. The maximum absolute atomic E-state index is 12.3. The average molecular weight is 327 g/mol. The summed E-state index contributed by atoms with van der Waals surface area (Å²) >= 11 is 0. The Morgan fingerprint density at radius 2 is 2.17 bits per heavy atom. The fourth-order valence-corrected chi connectivity index (χ4v) is 2.41. The molecule has 0 atom stereocenters. The first-order valence-electron chi connectivity index (χ1n) is 7.15. The second kappa shape index (κ2) is 5.95. The van der Waals surface area contributed by atoms with E-state index in [-0.39, 0.29) is 17.2 Å². The monoisotopic (exact) mass is 327 g/mol. The molecule has 9 nitrogen and oxygen atoms in total. The van der Waals surface area contributed by atoms with Crippen LogP contribution in [0.4, 0.5) is 11.6 Å². The number of nitrogens with zero attached hydrogens (tertiary/aromatic N) is 3. The minimum Gasteiger partial charge on any atom is -0.322 e. The molecule has 0 saturated heterocycles. The number of carbonyl (C=O) groups is 1. The van der Waals surface area contributed by atoms with Gasteiger partial charge in [0, 0.05) is 12.6 Å². The van der Waals surface area contributed by atoms with Gasteiger partial charge in [-0.3, -0.25) is 25.0 Å². The first-order chi connectivity index (χ1) is 11.5. The Morgan fingerprint density at radius 1 is 1.42 bits per heavy atom. The van der Waals surface area contributed by atoms with Crippen LogP contribution in [-0.2, 0) is 6.54 Å². The summed E-state index contributed by atoms with van der Waals surface area (Å²) in [4.78, 5) is 40.8. The third-order valence-electron chi connectivity index (χ3n) is 3.54. The number of nitrogens with one attached hydrogen (secondary N) is 2. The smallest absolute Gasteiger partial charge is 0.286 e. The molecule has 1 aromatic carbocycles. The number of rotatable bonds is 4. The van der Waals surface area contributed by atoms with Crippen molar-refractivity contribution in [2.24, 2.45) is 0 Å². The van der Waals surface area contributed by atoms with Crippen molar-refractivity contribution in [3.8, 4) is 0 Å². The summed E-state index contributed by atoms with van der Waals surface area (Å²) < 4.78 is 1.78. The minimum absolute atomic E-state index is 0.273. The molecule has 0 aliphatic carbocycles. The number of hydrogen-bond acceptors (Lipinski definition) is 5. The number of carbonyl (C=O) groups excluding carboxylic acids is 1. The van der Waals surface area contributed by atoms with Gasteiger partial charge in [-0.05, 0) is 19.1 Å². The largest absolute Gasteiger partial charge is 0.322 e. The highest BCUT2D eigenvalue weighted by Gasteiger charge is 2.19. The fraction of sp³-hybridized carbons (Fsp3) is 0.133. The lowest BCUT2D eigenvalue weighted by Gasteiger charge is -2.07. The topological polar surface area (TPSA) is 123 Å². The molecule has 0 fully saturated rings. The molecule has 3 aromatic rings. The molecule has 2 N–H and O–H groups in total. The molecule has 0 aliphatic heterocycles. The molecule has 0 unspecified atom stereocenters. The van der Waals surface area contributed by atoms with Crippen molar-refractivity contribution in [2.75, 3.05) is 5.32 Å². The molecule has 0 saturated carbocycles. The van der Waals surface area contributed by atoms with E-state index in [0.29, 0.717) is 12.1 Å². The summed E-state index contributed by atoms with van der Waals surface area (Å²) in [5.74, 6) is -0.487. The van der Waals surface area contributed by atoms with Crippen LogP contribution < -0.4 is 10.9 Å². The Hall–Kier alpha value is -3.49. The van der Waals surface area contributed by atoms with Crippen LogP contribution in [0, 0.1) is 10.1 Å². The number of hydrogen-bond donors (Lipinski definition) is 2. The maximum Gasteiger partial charge on any atom is 0.286 e. The Morgan fingerprint density at radius 3 is 2.88 bits per heavy atom. The van der Waals surface area contributed by atoms with Gasteiger partial charge in [0.25, 0.3) is 17.2 Å². The number of aromatic nitrogens is 3. The number of benzene rings is 1.